The molecule has 3 heteroatoms. The molecule has 0 radical (unpaired) electrons. The summed E-state index contributed by atoms with van der Waals surface area (Å²) in [4.78, 5) is 0. The van der Waals surface area contributed by atoms with E-state index in [2.05, 4.69) is 5.32 Å². The van der Waals surface area contributed by atoms with Crippen molar-refractivity contribution in [2.24, 2.45) is 0 Å². The van der Waals surface area contributed by atoms with Crippen molar-refractivity contribution in [3.05, 3.63) is 34.6 Å². The van der Waals surface area contributed by atoms with Crippen molar-refractivity contribution in [2.75, 3.05) is 6.54 Å². The number of halogens is 1. The van der Waals surface area contributed by atoms with E-state index in [0.717, 1.165) is 31.2 Å². The van der Waals surface area contributed by atoms with Gasteiger partial charge in [-0.3, -0.25) is 0 Å². The van der Waals surface area contributed by atoms with E-state index in [0.29, 0.717) is 24.2 Å². The molecule has 0 unspecified atom stereocenters. The lowest BCUT2D eigenvalue weighted by molar-refractivity contribution is 0.0250. The first kappa shape index (κ1) is 15.5. The van der Waals surface area contributed by atoms with E-state index >= 15 is 0 Å². The van der Waals surface area contributed by atoms with Crippen LogP contribution in [-0.2, 0) is 6.54 Å². The van der Waals surface area contributed by atoms with E-state index in [1.807, 2.05) is 12.1 Å². The fourth-order valence-electron chi connectivity index (χ4n) is 3.14. The largest absolute Gasteiger partial charge is 0.389 e. The molecule has 0 atom stereocenters. The minimum Gasteiger partial charge on any atom is -0.389 e. The van der Waals surface area contributed by atoms with Crippen molar-refractivity contribution in [1.29, 1.82) is 0 Å². The van der Waals surface area contributed by atoms with Crippen molar-refractivity contribution in [2.45, 2.75) is 64.5 Å². The maximum Gasteiger partial charge on any atom is 0.129 e. The van der Waals surface area contributed by atoms with Crippen LogP contribution in [0.4, 0.5) is 4.39 Å². The first-order valence-corrected chi connectivity index (χ1v) is 7.69. The topological polar surface area (TPSA) is 32.3 Å². The maximum absolute atomic E-state index is 13.6. The third-order valence-corrected chi connectivity index (χ3v) is 4.31. The number of benzene rings is 1. The Kier molecular flexibility index (Phi) is 5.17. The highest BCUT2D eigenvalue weighted by atomic mass is 19.1. The van der Waals surface area contributed by atoms with E-state index in [9.17, 15) is 9.50 Å². The third-order valence-electron chi connectivity index (χ3n) is 4.31. The van der Waals surface area contributed by atoms with E-state index in [1.165, 1.54) is 12.8 Å². The molecule has 0 saturated heterocycles. The molecule has 1 aromatic rings. The minimum atomic E-state index is -0.555. The van der Waals surface area contributed by atoms with E-state index < -0.39 is 5.60 Å². The van der Waals surface area contributed by atoms with Gasteiger partial charge >= 0.3 is 0 Å². The summed E-state index contributed by atoms with van der Waals surface area (Å²) in [5, 5.41) is 13.9. The molecule has 20 heavy (non-hydrogen) atoms. The molecule has 2 N–H and O–H groups in total. The molecule has 1 saturated carbocycles. The summed E-state index contributed by atoms with van der Waals surface area (Å²) >= 11 is 0. The predicted molar refractivity (Wildman–Crippen MR) is 80.2 cm³/mol. The van der Waals surface area contributed by atoms with Crippen LogP contribution in [0, 0.1) is 19.7 Å². The lowest BCUT2D eigenvalue weighted by Gasteiger charge is -2.27. The average Bonchev–Trinajstić information content (AvgIpc) is 2.61. The lowest BCUT2D eigenvalue weighted by Crippen LogP contribution is -2.39. The number of nitrogens with one attached hydrogen (secondary N) is 1. The van der Waals surface area contributed by atoms with Gasteiger partial charge in [-0.2, -0.15) is 0 Å². The van der Waals surface area contributed by atoms with Crippen molar-refractivity contribution < 1.29 is 9.50 Å². The molecule has 2 nitrogen and oxygen atoms in total. The molecule has 2 rings (SSSR count). The molecule has 1 aliphatic rings. The van der Waals surface area contributed by atoms with Crippen LogP contribution in [0.15, 0.2) is 12.1 Å². The Morgan fingerprint density at radius 1 is 1.10 bits per heavy atom. The predicted octanol–water partition coefficient (Wildman–Crippen LogP) is 3.62. The van der Waals surface area contributed by atoms with E-state index in [1.54, 1.807) is 13.8 Å². The third kappa shape index (κ3) is 4.03. The van der Waals surface area contributed by atoms with Gasteiger partial charge in [0, 0.05) is 13.1 Å². The first-order chi connectivity index (χ1) is 9.50. The van der Waals surface area contributed by atoms with Crippen molar-refractivity contribution >= 4 is 0 Å². The molecule has 1 aliphatic carbocycles. The summed E-state index contributed by atoms with van der Waals surface area (Å²) in [5.41, 5.74) is 1.91. The Bertz CT molecular complexity index is 427. The van der Waals surface area contributed by atoms with E-state index in [4.69, 9.17) is 0 Å². The van der Waals surface area contributed by atoms with Gasteiger partial charge in [-0.25, -0.2) is 4.39 Å². The SMILES string of the molecule is Cc1cc(CNCC2(O)CCCCCC2)cc(C)c1F. The second-order valence-corrected chi connectivity index (χ2v) is 6.29. The molecule has 0 spiro atoms. The van der Waals surface area contributed by atoms with Crippen LogP contribution in [0.3, 0.4) is 0 Å². The summed E-state index contributed by atoms with van der Waals surface area (Å²) in [7, 11) is 0. The Morgan fingerprint density at radius 3 is 2.20 bits per heavy atom. The van der Waals surface area contributed by atoms with Crippen LogP contribution >= 0.6 is 0 Å². The summed E-state index contributed by atoms with van der Waals surface area (Å²) in [6.07, 6.45) is 6.49. The van der Waals surface area contributed by atoms with Crippen LogP contribution < -0.4 is 5.32 Å². The maximum atomic E-state index is 13.6. The number of hydrogen-bond acceptors (Lipinski definition) is 2. The Morgan fingerprint density at radius 2 is 1.65 bits per heavy atom. The quantitative estimate of drug-likeness (QED) is 0.825. The number of aliphatic hydroxyl groups is 1. The molecule has 1 aromatic carbocycles. The zero-order valence-electron chi connectivity index (χ0n) is 12.6. The monoisotopic (exact) mass is 279 g/mol. The zero-order valence-corrected chi connectivity index (χ0v) is 12.6. The smallest absolute Gasteiger partial charge is 0.129 e. The van der Waals surface area contributed by atoms with Crippen LogP contribution in [0.25, 0.3) is 0 Å². The molecule has 0 amide bonds. The van der Waals surface area contributed by atoms with Crippen LogP contribution in [0.1, 0.15) is 55.2 Å². The minimum absolute atomic E-state index is 0.115. The van der Waals surface area contributed by atoms with Gasteiger partial charge in [0.15, 0.2) is 0 Å². The van der Waals surface area contributed by atoms with Crippen LogP contribution in [0.5, 0.6) is 0 Å². The number of rotatable bonds is 4. The summed E-state index contributed by atoms with van der Waals surface area (Å²) < 4.78 is 13.6. The van der Waals surface area contributed by atoms with Crippen molar-refractivity contribution in [3.63, 3.8) is 0 Å². The Labute approximate surface area is 121 Å². The molecular weight excluding hydrogens is 253 g/mol. The second-order valence-electron chi connectivity index (χ2n) is 6.29. The Balaban J connectivity index is 1.89. The molecule has 112 valence electrons. The molecule has 0 aliphatic heterocycles. The van der Waals surface area contributed by atoms with Gasteiger partial charge in [-0.05, 0) is 43.4 Å². The molecular formula is C17H26FNO. The zero-order chi connectivity index (χ0) is 14.6. The molecule has 1 fully saturated rings. The normalized spacial score (nSPS) is 18.8. The van der Waals surface area contributed by atoms with Gasteiger partial charge in [0.2, 0.25) is 0 Å². The highest BCUT2D eigenvalue weighted by Crippen LogP contribution is 2.26. The first-order valence-electron chi connectivity index (χ1n) is 7.69. The van der Waals surface area contributed by atoms with Gasteiger partial charge in [0.05, 0.1) is 5.60 Å². The summed E-state index contributed by atoms with van der Waals surface area (Å²) in [6.45, 7) is 4.90. The van der Waals surface area contributed by atoms with Gasteiger partial charge in [0.1, 0.15) is 5.82 Å². The average molecular weight is 279 g/mol. The van der Waals surface area contributed by atoms with Crippen molar-refractivity contribution in [1.82, 2.24) is 5.32 Å². The fraction of sp³-hybridized carbons (Fsp3) is 0.647. The highest BCUT2D eigenvalue weighted by molar-refractivity contribution is 5.30. The summed E-state index contributed by atoms with van der Waals surface area (Å²) in [5.74, 6) is -0.115. The summed E-state index contributed by atoms with van der Waals surface area (Å²) in [6, 6.07) is 3.76. The van der Waals surface area contributed by atoms with Crippen LogP contribution in [0.2, 0.25) is 0 Å². The molecule has 0 heterocycles. The lowest BCUT2D eigenvalue weighted by atomic mass is 9.94. The van der Waals surface area contributed by atoms with Gasteiger partial charge < -0.3 is 10.4 Å². The number of hydrogen-bond donors (Lipinski definition) is 2. The highest BCUT2D eigenvalue weighted by Gasteiger charge is 2.27. The standard InChI is InChI=1S/C17H26FNO/c1-13-9-15(10-14(2)16(13)18)11-19-12-17(20)7-5-3-4-6-8-17/h9-10,19-20H,3-8,11-12H2,1-2H3. The molecule has 0 aromatic heterocycles. The fourth-order valence-corrected chi connectivity index (χ4v) is 3.14. The van der Waals surface area contributed by atoms with Gasteiger partial charge in [-0.1, -0.05) is 37.8 Å². The van der Waals surface area contributed by atoms with E-state index in [-0.39, 0.29) is 5.82 Å². The van der Waals surface area contributed by atoms with Gasteiger partial charge in [0.25, 0.3) is 0 Å². The molecule has 0 bridgehead atoms. The van der Waals surface area contributed by atoms with Gasteiger partial charge in [-0.15, -0.1) is 0 Å². The van der Waals surface area contributed by atoms with Crippen molar-refractivity contribution in [3.8, 4) is 0 Å². The number of aryl methyl sites for hydroxylation is 2. The van der Waals surface area contributed by atoms with Crippen LogP contribution in [-0.4, -0.2) is 17.3 Å². The Hall–Kier alpha value is -0.930. The second kappa shape index (κ2) is 6.68.